The van der Waals surface area contributed by atoms with Crippen LogP contribution in [0.2, 0.25) is 5.02 Å². The number of nitrogens with zero attached hydrogens (tertiary/aromatic N) is 2. The first-order valence-corrected chi connectivity index (χ1v) is 13.7. The van der Waals surface area contributed by atoms with Crippen LogP contribution in [0, 0.1) is 6.92 Å². The SMILES string of the molecule is COc1ccc(Cl)cc1N(CC(=O)Nc1ccc(N2CCCCC2)cc1)S(=O)(=O)c1ccc(C)cc1. The molecule has 0 bridgehead atoms. The number of ether oxygens (including phenoxy) is 1. The van der Waals surface area contributed by atoms with Gasteiger partial charge in [-0.1, -0.05) is 29.3 Å². The van der Waals surface area contributed by atoms with Crippen molar-refractivity contribution in [2.45, 2.75) is 31.1 Å². The fraction of sp³-hybridized carbons (Fsp3) is 0.296. The van der Waals surface area contributed by atoms with Gasteiger partial charge in [0, 0.05) is 29.5 Å². The average Bonchev–Trinajstić information content (AvgIpc) is 2.88. The summed E-state index contributed by atoms with van der Waals surface area (Å²) in [6.07, 6.45) is 3.61. The van der Waals surface area contributed by atoms with E-state index in [1.165, 1.54) is 44.6 Å². The van der Waals surface area contributed by atoms with Crippen LogP contribution >= 0.6 is 11.6 Å². The average molecular weight is 528 g/mol. The van der Waals surface area contributed by atoms with Gasteiger partial charge in [-0.15, -0.1) is 0 Å². The maximum absolute atomic E-state index is 13.7. The summed E-state index contributed by atoms with van der Waals surface area (Å²) in [7, 11) is -2.66. The van der Waals surface area contributed by atoms with Gasteiger partial charge in [-0.3, -0.25) is 9.10 Å². The number of carbonyl (C=O) groups excluding carboxylic acids is 1. The molecule has 36 heavy (non-hydrogen) atoms. The quantitative estimate of drug-likeness (QED) is 0.419. The molecule has 1 saturated heterocycles. The Hall–Kier alpha value is -3.23. The van der Waals surface area contributed by atoms with Crippen LogP contribution in [-0.2, 0) is 14.8 Å². The molecule has 0 aromatic heterocycles. The summed E-state index contributed by atoms with van der Waals surface area (Å²) in [5, 5.41) is 3.14. The molecule has 1 N–H and O–H groups in total. The van der Waals surface area contributed by atoms with E-state index in [-0.39, 0.29) is 16.3 Å². The number of carbonyl (C=O) groups is 1. The first-order valence-electron chi connectivity index (χ1n) is 11.9. The van der Waals surface area contributed by atoms with E-state index in [2.05, 4.69) is 10.2 Å². The number of sulfonamides is 1. The van der Waals surface area contributed by atoms with Crippen molar-refractivity contribution < 1.29 is 17.9 Å². The van der Waals surface area contributed by atoms with Crippen LogP contribution in [0.5, 0.6) is 5.75 Å². The highest BCUT2D eigenvalue weighted by Gasteiger charge is 2.30. The number of nitrogens with one attached hydrogen (secondary N) is 1. The van der Waals surface area contributed by atoms with E-state index in [9.17, 15) is 13.2 Å². The van der Waals surface area contributed by atoms with Crippen LogP contribution in [0.4, 0.5) is 17.1 Å². The van der Waals surface area contributed by atoms with Gasteiger partial charge in [0.2, 0.25) is 5.91 Å². The van der Waals surface area contributed by atoms with E-state index in [1.807, 2.05) is 31.2 Å². The third-order valence-electron chi connectivity index (χ3n) is 6.18. The lowest BCUT2D eigenvalue weighted by molar-refractivity contribution is -0.114. The van der Waals surface area contributed by atoms with Gasteiger partial charge in [0.25, 0.3) is 10.0 Å². The molecule has 3 aromatic carbocycles. The van der Waals surface area contributed by atoms with E-state index >= 15 is 0 Å². The minimum absolute atomic E-state index is 0.0637. The van der Waals surface area contributed by atoms with E-state index in [0.717, 1.165) is 28.6 Å². The minimum Gasteiger partial charge on any atom is -0.495 e. The summed E-state index contributed by atoms with van der Waals surface area (Å²) < 4.78 is 33.8. The van der Waals surface area contributed by atoms with Crippen LogP contribution in [0.15, 0.2) is 71.6 Å². The number of piperidine rings is 1. The lowest BCUT2D eigenvalue weighted by Crippen LogP contribution is -2.38. The second-order valence-corrected chi connectivity index (χ2v) is 11.1. The monoisotopic (exact) mass is 527 g/mol. The molecule has 1 heterocycles. The van der Waals surface area contributed by atoms with Gasteiger partial charge in [0.1, 0.15) is 12.3 Å². The second kappa shape index (κ2) is 11.2. The number of benzene rings is 3. The Kier molecular flexibility index (Phi) is 8.06. The minimum atomic E-state index is -4.10. The van der Waals surface area contributed by atoms with E-state index < -0.39 is 22.5 Å². The number of halogens is 1. The van der Waals surface area contributed by atoms with Crippen molar-refractivity contribution in [3.63, 3.8) is 0 Å². The molecule has 4 rings (SSSR count). The molecular formula is C27H30ClN3O4S. The number of aryl methyl sites for hydroxylation is 1. The Balaban J connectivity index is 1.60. The van der Waals surface area contributed by atoms with Crippen molar-refractivity contribution in [3.8, 4) is 5.75 Å². The smallest absolute Gasteiger partial charge is 0.264 e. The van der Waals surface area contributed by atoms with Crippen LogP contribution in [0.1, 0.15) is 24.8 Å². The molecule has 0 unspecified atom stereocenters. The van der Waals surface area contributed by atoms with Crippen molar-refractivity contribution in [2.75, 3.05) is 41.3 Å². The van der Waals surface area contributed by atoms with Crippen LogP contribution in [0.25, 0.3) is 0 Å². The fourth-order valence-corrected chi connectivity index (χ4v) is 5.82. The number of hydrogen-bond donors (Lipinski definition) is 1. The first-order chi connectivity index (χ1) is 17.3. The number of amides is 1. The standard InChI is InChI=1S/C27H30ClN3O4S/c1-20-6-13-24(14-7-20)36(33,34)31(25-18-21(28)8-15-26(25)35-2)19-27(32)29-22-9-11-23(12-10-22)30-16-4-3-5-17-30/h6-15,18H,3-5,16-17,19H2,1-2H3,(H,29,32). The summed E-state index contributed by atoms with van der Waals surface area (Å²) in [6, 6.07) is 18.7. The normalized spacial score (nSPS) is 13.8. The number of hydrogen-bond acceptors (Lipinski definition) is 5. The van der Waals surface area contributed by atoms with E-state index in [0.29, 0.717) is 10.7 Å². The van der Waals surface area contributed by atoms with Crippen molar-refractivity contribution in [1.29, 1.82) is 0 Å². The Morgan fingerprint density at radius 3 is 2.31 bits per heavy atom. The van der Waals surface area contributed by atoms with Gasteiger partial charge >= 0.3 is 0 Å². The third-order valence-corrected chi connectivity index (χ3v) is 8.19. The summed E-state index contributed by atoms with van der Waals surface area (Å²) in [5.41, 5.74) is 2.80. The van der Waals surface area contributed by atoms with Crippen LogP contribution in [-0.4, -0.2) is 41.1 Å². The lowest BCUT2D eigenvalue weighted by Gasteiger charge is -2.29. The topological polar surface area (TPSA) is 79.0 Å². The molecule has 0 saturated carbocycles. The van der Waals surface area contributed by atoms with Gasteiger partial charge in [0.15, 0.2) is 0 Å². The predicted molar refractivity (Wildman–Crippen MR) is 145 cm³/mol. The van der Waals surface area contributed by atoms with Crippen LogP contribution < -0.4 is 19.3 Å². The molecular weight excluding hydrogens is 498 g/mol. The highest BCUT2D eigenvalue weighted by molar-refractivity contribution is 7.92. The maximum Gasteiger partial charge on any atom is 0.264 e. The second-order valence-electron chi connectivity index (χ2n) is 8.78. The number of rotatable bonds is 8. The van der Waals surface area contributed by atoms with Gasteiger partial charge in [-0.25, -0.2) is 8.42 Å². The number of methoxy groups -OCH3 is 1. The molecule has 9 heteroatoms. The van der Waals surface area contributed by atoms with Gasteiger partial charge in [0.05, 0.1) is 17.7 Å². The fourth-order valence-electron chi connectivity index (χ4n) is 4.23. The van der Waals surface area contributed by atoms with Crippen molar-refractivity contribution >= 4 is 44.6 Å². The maximum atomic E-state index is 13.7. The highest BCUT2D eigenvalue weighted by atomic mass is 35.5. The summed E-state index contributed by atoms with van der Waals surface area (Å²) >= 11 is 6.20. The molecule has 0 atom stereocenters. The molecule has 1 amide bonds. The first kappa shape index (κ1) is 25.9. The molecule has 0 spiro atoms. The molecule has 190 valence electrons. The van der Waals surface area contributed by atoms with Gasteiger partial charge < -0.3 is 15.0 Å². The lowest BCUT2D eigenvalue weighted by atomic mass is 10.1. The highest BCUT2D eigenvalue weighted by Crippen LogP contribution is 2.35. The molecule has 0 radical (unpaired) electrons. The molecule has 1 aliphatic rings. The van der Waals surface area contributed by atoms with Crippen LogP contribution in [0.3, 0.4) is 0 Å². The molecule has 0 aliphatic carbocycles. The van der Waals surface area contributed by atoms with Crippen molar-refractivity contribution in [1.82, 2.24) is 0 Å². The largest absolute Gasteiger partial charge is 0.495 e. The number of anilines is 3. The Labute approximate surface area is 217 Å². The predicted octanol–water partition coefficient (Wildman–Crippen LogP) is 5.48. The third kappa shape index (κ3) is 5.94. The van der Waals surface area contributed by atoms with E-state index in [1.54, 1.807) is 24.3 Å². The molecule has 3 aromatic rings. The summed E-state index contributed by atoms with van der Waals surface area (Å²) in [4.78, 5) is 15.5. The van der Waals surface area contributed by atoms with Gasteiger partial charge in [-0.2, -0.15) is 0 Å². The molecule has 1 fully saturated rings. The van der Waals surface area contributed by atoms with E-state index in [4.69, 9.17) is 16.3 Å². The zero-order chi connectivity index (χ0) is 25.7. The molecule has 7 nitrogen and oxygen atoms in total. The summed E-state index contributed by atoms with van der Waals surface area (Å²) in [6.45, 7) is 3.47. The Bertz CT molecular complexity index is 1310. The Morgan fingerprint density at radius 1 is 1.00 bits per heavy atom. The Morgan fingerprint density at radius 2 is 1.67 bits per heavy atom. The zero-order valence-corrected chi connectivity index (χ0v) is 22.0. The van der Waals surface area contributed by atoms with Crippen molar-refractivity contribution in [3.05, 3.63) is 77.3 Å². The van der Waals surface area contributed by atoms with Gasteiger partial charge in [-0.05, 0) is 80.8 Å². The summed E-state index contributed by atoms with van der Waals surface area (Å²) in [5.74, 6) is -0.202. The molecule has 1 aliphatic heterocycles. The van der Waals surface area contributed by atoms with Crippen molar-refractivity contribution in [2.24, 2.45) is 0 Å². The zero-order valence-electron chi connectivity index (χ0n) is 20.4.